The normalized spacial score (nSPS) is 10.7. The minimum atomic E-state index is -0.117. The van der Waals surface area contributed by atoms with Gasteiger partial charge in [-0.2, -0.15) is 5.10 Å². The highest BCUT2D eigenvalue weighted by atomic mass is 16.2. The Morgan fingerprint density at radius 3 is 1.96 bits per heavy atom. The molecule has 0 radical (unpaired) electrons. The molecule has 8 heteroatoms. The maximum atomic E-state index is 12.1. The van der Waals surface area contributed by atoms with E-state index in [0.29, 0.717) is 18.4 Å². The molecule has 3 aromatic carbocycles. The van der Waals surface area contributed by atoms with Gasteiger partial charge in [0.15, 0.2) is 5.78 Å². The van der Waals surface area contributed by atoms with E-state index in [1.807, 2.05) is 137 Å². The van der Waals surface area contributed by atoms with Crippen LogP contribution in [-0.2, 0) is 11.3 Å². The van der Waals surface area contributed by atoms with Gasteiger partial charge in [0.1, 0.15) is 0 Å². The second-order valence-corrected chi connectivity index (χ2v) is 12.1. The number of ketones is 1. The Kier molecular flexibility index (Phi) is 13.7. The molecule has 3 aromatic heterocycles. The fraction of sp³-hybridized carbons (Fsp3) is 0.220. The lowest BCUT2D eigenvalue weighted by atomic mass is 10.1. The van der Waals surface area contributed by atoms with E-state index in [0.717, 1.165) is 45.9 Å². The molecular formula is C41H46N6O2. The molecule has 252 valence electrons. The van der Waals surface area contributed by atoms with E-state index in [4.69, 9.17) is 5.41 Å². The van der Waals surface area contributed by atoms with Crippen LogP contribution >= 0.6 is 0 Å². The lowest BCUT2D eigenvalue weighted by Gasteiger charge is -2.06. The summed E-state index contributed by atoms with van der Waals surface area (Å²) in [6, 6.07) is 31.4. The van der Waals surface area contributed by atoms with Gasteiger partial charge in [-0.05, 0) is 103 Å². The number of aromatic nitrogens is 3. The monoisotopic (exact) mass is 654 g/mol. The SMILES string of the molecule is CC(=O)c1ccc2c(ccn2CCCC(=O)N/N=C/c2cccc(-n3cccc3)c2)c1.CCC(C)C.N=Cc1cccc(-n2cccc2)c1. The van der Waals surface area contributed by atoms with Crippen LogP contribution in [0.1, 0.15) is 68.4 Å². The summed E-state index contributed by atoms with van der Waals surface area (Å²) < 4.78 is 6.14. The maximum absolute atomic E-state index is 12.1. The van der Waals surface area contributed by atoms with Crippen LogP contribution in [0.5, 0.6) is 0 Å². The van der Waals surface area contributed by atoms with Crippen molar-refractivity contribution in [3.8, 4) is 11.4 Å². The Labute approximate surface area is 289 Å². The number of carbonyl (C=O) groups is 2. The van der Waals surface area contributed by atoms with Crippen molar-refractivity contribution in [2.24, 2.45) is 11.0 Å². The molecule has 6 rings (SSSR count). The Morgan fingerprint density at radius 1 is 0.796 bits per heavy atom. The van der Waals surface area contributed by atoms with Crippen LogP contribution in [0.4, 0.5) is 0 Å². The van der Waals surface area contributed by atoms with Gasteiger partial charge in [-0.25, -0.2) is 5.43 Å². The summed E-state index contributed by atoms with van der Waals surface area (Å²) >= 11 is 0. The molecule has 0 saturated carbocycles. The molecule has 0 fully saturated rings. The van der Waals surface area contributed by atoms with Crippen molar-refractivity contribution in [2.75, 3.05) is 0 Å². The standard InChI is InChI=1S/C25H24N4O2.C11H10N2.C5H12/c1-19(30)21-9-10-24-22(17-21)11-15-29(24)14-5-8-25(31)27-26-18-20-6-4-7-23(16-20)28-12-2-3-13-28;12-9-10-4-3-5-11(8-10)13-6-1-2-7-13;1-4-5(2)3/h2-4,6-7,9-13,15-18H,5,8,14H2,1H3,(H,27,31);1-9,12H;5H,4H2,1-3H3/b26-18+;;. The number of hydrogen-bond acceptors (Lipinski definition) is 4. The van der Waals surface area contributed by atoms with E-state index in [1.165, 1.54) is 12.6 Å². The number of carbonyl (C=O) groups excluding carboxylic acids is 2. The van der Waals surface area contributed by atoms with Gasteiger partial charge in [-0.15, -0.1) is 0 Å². The molecule has 0 aliphatic rings. The Hall–Kier alpha value is -5.76. The van der Waals surface area contributed by atoms with Gasteiger partial charge in [0.2, 0.25) is 5.91 Å². The van der Waals surface area contributed by atoms with Crippen molar-refractivity contribution in [1.82, 2.24) is 19.1 Å². The summed E-state index contributed by atoms with van der Waals surface area (Å²) in [6.07, 6.45) is 15.3. The number of Topliss-reactive ketones (excluding diaryl/α,β-unsaturated/α-hetero) is 1. The van der Waals surface area contributed by atoms with E-state index >= 15 is 0 Å². The highest BCUT2D eigenvalue weighted by Gasteiger charge is 2.06. The summed E-state index contributed by atoms with van der Waals surface area (Å²) in [6.45, 7) is 8.93. The van der Waals surface area contributed by atoms with E-state index < -0.39 is 0 Å². The molecule has 0 spiro atoms. The molecule has 1 amide bonds. The van der Waals surface area contributed by atoms with Crippen molar-refractivity contribution in [3.63, 3.8) is 0 Å². The fourth-order valence-electron chi connectivity index (χ4n) is 4.81. The summed E-state index contributed by atoms with van der Waals surface area (Å²) in [5.41, 5.74) is 8.33. The van der Waals surface area contributed by atoms with Crippen LogP contribution in [0.15, 0.2) is 133 Å². The summed E-state index contributed by atoms with van der Waals surface area (Å²) in [5, 5.41) is 12.2. The number of benzene rings is 3. The number of fused-ring (bicyclic) bond motifs is 1. The smallest absolute Gasteiger partial charge is 0.240 e. The van der Waals surface area contributed by atoms with Crippen molar-refractivity contribution < 1.29 is 9.59 Å². The molecule has 8 nitrogen and oxygen atoms in total. The predicted molar refractivity (Wildman–Crippen MR) is 201 cm³/mol. The van der Waals surface area contributed by atoms with Crippen molar-refractivity contribution in [1.29, 1.82) is 5.41 Å². The van der Waals surface area contributed by atoms with Gasteiger partial charge in [-0.1, -0.05) is 51.5 Å². The molecule has 49 heavy (non-hydrogen) atoms. The average Bonchev–Trinajstić information content (AvgIpc) is 3.92. The zero-order chi connectivity index (χ0) is 35.0. The second-order valence-electron chi connectivity index (χ2n) is 12.1. The molecule has 0 saturated heterocycles. The number of aryl methyl sites for hydroxylation is 1. The first-order valence-electron chi connectivity index (χ1n) is 16.7. The first-order chi connectivity index (χ1) is 23.8. The minimum absolute atomic E-state index is 0.0586. The molecule has 3 heterocycles. The van der Waals surface area contributed by atoms with Gasteiger partial charge >= 0.3 is 0 Å². The second kappa shape index (κ2) is 18.5. The molecule has 6 aromatic rings. The fourth-order valence-corrected chi connectivity index (χ4v) is 4.81. The summed E-state index contributed by atoms with van der Waals surface area (Å²) in [7, 11) is 0. The number of nitrogens with one attached hydrogen (secondary N) is 2. The zero-order valence-corrected chi connectivity index (χ0v) is 28.8. The molecule has 0 aliphatic heterocycles. The van der Waals surface area contributed by atoms with Crippen molar-refractivity contribution in [3.05, 3.63) is 145 Å². The van der Waals surface area contributed by atoms with Crippen molar-refractivity contribution in [2.45, 2.75) is 53.5 Å². The van der Waals surface area contributed by atoms with Crippen LogP contribution < -0.4 is 5.43 Å². The van der Waals surface area contributed by atoms with Gasteiger partial charge in [0.05, 0.1) is 6.21 Å². The number of rotatable bonds is 11. The number of hydrazone groups is 1. The van der Waals surface area contributed by atoms with E-state index in [1.54, 1.807) is 13.1 Å². The first kappa shape index (κ1) is 36.1. The minimum Gasteiger partial charge on any atom is -0.347 e. The third kappa shape index (κ3) is 11.2. The highest BCUT2D eigenvalue weighted by molar-refractivity contribution is 5.98. The molecule has 0 bridgehead atoms. The molecule has 0 aliphatic carbocycles. The van der Waals surface area contributed by atoms with Crippen LogP contribution in [0, 0.1) is 11.3 Å². The quantitative estimate of drug-likeness (QED) is 0.0828. The van der Waals surface area contributed by atoms with Crippen LogP contribution in [-0.4, -0.2) is 37.8 Å². The zero-order valence-electron chi connectivity index (χ0n) is 28.8. The Morgan fingerprint density at radius 2 is 1.39 bits per heavy atom. The highest BCUT2D eigenvalue weighted by Crippen LogP contribution is 2.19. The predicted octanol–water partition coefficient (Wildman–Crippen LogP) is 9.09. The topological polar surface area (TPSA) is 97.2 Å². The maximum Gasteiger partial charge on any atom is 0.240 e. The summed E-state index contributed by atoms with van der Waals surface area (Å²) in [5.74, 6) is 0.825. The van der Waals surface area contributed by atoms with Crippen LogP contribution in [0.3, 0.4) is 0 Å². The number of nitrogens with zero attached hydrogens (tertiary/aromatic N) is 4. The molecule has 0 unspecified atom stereocenters. The number of hydrogen-bond donors (Lipinski definition) is 2. The average molecular weight is 655 g/mol. The Balaban J connectivity index is 0.000000246. The Bertz CT molecular complexity index is 1950. The third-order valence-corrected chi connectivity index (χ3v) is 7.91. The van der Waals surface area contributed by atoms with Crippen LogP contribution in [0.25, 0.3) is 22.3 Å². The van der Waals surface area contributed by atoms with Gasteiger partial charge in [-0.3, -0.25) is 9.59 Å². The van der Waals surface area contributed by atoms with E-state index in [-0.39, 0.29) is 11.7 Å². The third-order valence-electron chi connectivity index (χ3n) is 7.91. The molecular weight excluding hydrogens is 608 g/mol. The van der Waals surface area contributed by atoms with E-state index in [2.05, 4.69) is 35.9 Å². The number of amides is 1. The van der Waals surface area contributed by atoms with Crippen LogP contribution in [0.2, 0.25) is 0 Å². The first-order valence-corrected chi connectivity index (χ1v) is 16.7. The lowest BCUT2D eigenvalue weighted by Crippen LogP contribution is -2.17. The van der Waals surface area contributed by atoms with E-state index in [9.17, 15) is 9.59 Å². The molecule has 0 atom stereocenters. The van der Waals surface area contributed by atoms with Gasteiger partial charge in [0, 0.05) is 78.0 Å². The lowest BCUT2D eigenvalue weighted by molar-refractivity contribution is -0.121. The van der Waals surface area contributed by atoms with Crippen molar-refractivity contribution >= 4 is 35.0 Å². The molecule has 2 N–H and O–H groups in total. The van der Waals surface area contributed by atoms with Gasteiger partial charge in [0.25, 0.3) is 0 Å². The summed E-state index contributed by atoms with van der Waals surface area (Å²) in [4.78, 5) is 23.6. The largest absolute Gasteiger partial charge is 0.347 e. The van der Waals surface area contributed by atoms with Gasteiger partial charge < -0.3 is 19.1 Å².